The Balaban J connectivity index is 1.69. The number of halogens is 1. The van der Waals surface area contributed by atoms with Crippen LogP contribution in [0, 0.1) is 5.92 Å². The summed E-state index contributed by atoms with van der Waals surface area (Å²) in [5.74, 6) is 0.0593. The summed E-state index contributed by atoms with van der Waals surface area (Å²) in [5.41, 5.74) is 7.06. The third kappa shape index (κ3) is 2.75. The summed E-state index contributed by atoms with van der Waals surface area (Å²) >= 11 is 1.68. The molecular weight excluding hydrogens is 377 g/mol. The summed E-state index contributed by atoms with van der Waals surface area (Å²) in [6.45, 7) is 2.56. The number of nitrogens with one attached hydrogen (secondary N) is 1. The first-order valence-corrected chi connectivity index (χ1v) is 10.8. The number of alkyl halides is 1. The molecule has 3 aliphatic carbocycles. The van der Waals surface area contributed by atoms with Crippen molar-refractivity contribution < 1.29 is 4.39 Å². The lowest BCUT2D eigenvalue weighted by atomic mass is 9.86. The van der Waals surface area contributed by atoms with Crippen molar-refractivity contribution in [3.8, 4) is 0 Å². The van der Waals surface area contributed by atoms with Gasteiger partial charge >= 0.3 is 5.69 Å². The van der Waals surface area contributed by atoms with E-state index in [0.29, 0.717) is 23.0 Å². The summed E-state index contributed by atoms with van der Waals surface area (Å²) in [4.78, 5) is 29.5. The fourth-order valence-corrected chi connectivity index (χ4v) is 6.20. The smallest absolute Gasteiger partial charge is 0.329 e. The van der Waals surface area contributed by atoms with E-state index in [4.69, 9.17) is 5.73 Å². The number of nitrogens with zero attached hydrogens (tertiary/aromatic N) is 1. The van der Waals surface area contributed by atoms with E-state index < -0.39 is 17.6 Å². The molecule has 2 aromatic heterocycles. The van der Waals surface area contributed by atoms with Gasteiger partial charge in [0, 0.05) is 15.8 Å². The van der Waals surface area contributed by atoms with Gasteiger partial charge in [-0.3, -0.25) is 14.3 Å². The van der Waals surface area contributed by atoms with Crippen molar-refractivity contribution in [1.82, 2.24) is 9.55 Å². The van der Waals surface area contributed by atoms with E-state index in [2.05, 4.69) is 11.1 Å². The van der Waals surface area contributed by atoms with E-state index in [1.54, 1.807) is 15.9 Å². The van der Waals surface area contributed by atoms with Gasteiger partial charge in [-0.05, 0) is 74.8 Å². The number of H-pyrrole nitrogens is 1. The van der Waals surface area contributed by atoms with Gasteiger partial charge in [0.2, 0.25) is 0 Å². The van der Waals surface area contributed by atoms with Crippen molar-refractivity contribution in [1.29, 1.82) is 0 Å². The van der Waals surface area contributed by atoms with E-state index in [9.17, 15) is 9.59 Å². The van der Waals surface area contributed by atoms with Crippen LogP contribution in [-0.2, 0) is 12.8 Å². The first-order chi connectivity index (χ1) is 13.5. The van der Waals surface area contributed by atoms with Crippen molar-refractivity contribution in [3.63, 3.8) is 0 Å². The molecule has 148 valence electrons. The summed E-state index contributed by atoms with van der Waals surface area (Å²) in [7, 11) is 0. The quantitative estimate of drug-likeness (QED) is 0.808. The monoisotopic (exact) mass is 401 g/mol. The van der Waals surface area contributed by atoms with Gasteiger partial charge in [0.1, 0.15) is 6.17 Å². The predicted octanol–water partition coefficient (Wildman–Crippen LogP) is 1.08. The third-order valence-electron chi connectivity index (χ3n) is 6.42. The molecule has 3 aliphatic rings. The van der Waals surface area contributed by atoms with Gasteiger partial charge in [-0.25, -0.2) is 9.18 Å². The first kappa shape index (κ1) is 18.1. The summed E-state index contributed by atoms with van der Waals surface area (Å²) in [6.07, 6.45) is 5.01. The number of thiophene rings is 1. The van der Waals surface area contributed by atoms with Crippen LogP contribution in [0.5, 0.6) is 0 Å². The minimum atomic E-state index is -1.27. The van der Waals surface area contributed by atoms with E-state index in [-0.39, 0.29) is 11.7 Å². The normalized spacial score (nSPS) is 26.5. The number of rotatable bonds is 3. The average molecular weight is 402 g/mol. The summed E-state index contributed by atoms with van der Waals surface area (Å²) < 4.78 is 16.9. The lowest BCUT2D eigenvalue weighted by molar-refractivity contribution is 0.391. The molecule has 0 aliphatic heterocycles. The Hall–Kier alpha value is -1.99. The fraction of sp³-hybridized carbons (Fsp3) is 0.524. The molecule has 28 heavy (non-hydrogen) atoms. The first-order valence-electron chi connectivity index (χ1n) is 10.0. The van der Waals surface area contributed by atoms with E-state index >= 15 is 4.39 Å². The molecule has 3 unspecified atom stereocenters. The molecule has 2 aromatic rings. The van der Waals surface area contributed by atoms with E-state index in [1.807, 2.05) is 6.92 Å². The molecule has 0 aromatic carbocycles. The Morgan fingerprint density at radius 3 is 2.82 bits per heavy atom. The highest BCUT2D eigenvalue weighted by Gasteiger charge is 2.34. The van der Waals surface area contributed by atoms with Gasteiger partial charge in [0.15, 0.2) is 0 Å². The topological polar surface area (TPSA) is 80.9 Å². The zero-order valence-electron chi connectivity index (χ0n) is 15.8. The fourth-order valence-electron chi connectivity index (χ4n) is 4.79. The maximum absolute atomic E-state index is 15.3. The van der Waals surface area contributed by atoms with Crippen LogP contribution in [0.25, 0.3) is 11.6 Å². The molecule has 1 saturated carbocycles. The number of hydrogen-bond acceptors (Lipinski definition) is 4. The zero-order valence-corrected chi connectivity index (χ0v) is 16.7. The molecule has 0 spiro atoms. The van der Waals surface area contributed by atoms with Gasteiger partial charge in [-0.15, -0.1) is 11.3 Å². The van der Waals surface area contributed by atoms with Crippen molar-refractivity contribution >= 4 is 23.0 Å². The molecule has 3 N–H and O–H groups in total. The van der Waals surface area contributed by atoms with Crippen molar-refractivity contribution in [2.75, 3.05) is 6.54 Å². The molecule has 0 saturated heterocycles. The summed E-state index contributed by atoms with van der Waals surface area (Å²) in [5, 5.41) is 0.929. The Bertz CT molecular complexity index is 1190. The molecular formula is C21H24FN3O2S. The molecule has 0 radical (unpaired) electrons. The highest BCUT2D eigenvalue weighted by atomic mass is 32.1. The third-order valence-corrected chi connectivity index (χ3v) is 7.74. The van der Waals surface area contributed by atoms with Crippen LogP contribution in [0.2, 0.25) is 0 Å². The molecule has 0 bridgehead atoms. The largest absolute Gasteiger partial charge is 0.330 e. The number of aromatic nitrogens is 2. The number of fused-ring (bicyclic) bond motifs is 2. The number of aromatic amines is 1. The van der Waals surface area contributed by atoms with Crippen molar-refractivity contribution in [2.45, 2.75) is 57.2 Å². The Morgan fingerprint density at radius 1 is 1.32 bits per heavy atom. The second-order valence-corrected chi connectivity index (χ2v) is 9.50. The maximum Gasteiger partial charge on any atom is 0.329 e. The average Bonchev–Trinajstić information content (AvgIpc) is 3.41. The minimum Gasteiger partial charge on any atom is -0.330 e. The van der Waals surface area contributed by atoms with Gasteiger partial charge in [0.25, 0.3) is 5.56 Å². The van der Waals surface area contributed by atoms with Crippen LogP contribution in [0.3, 0.4) is 0 Å². The van der Waals surface area contributed by atoms with Crippen LogP contribution in [0.15, 0.2) is 15.7 Å². The molecule has 0 amide bonds. The van der Waals surface area contributed by atoms with Crippen molar-refractivity contribution in [2.24, 2.45) is 11.7 Å². The SMILES string of the molecule is CC1=c2c(c(=O)[nH]c(=O)n2C2CC2)=CC(F)C1c1cc2c(s1)CCC(CN)C2. The lowest BCUT2D eigenvalue weighted by Gasteiger charge is -2.23. The molecule has 7 heteroatoms. The highest BCUT2D eigenvalue weighted by molar-refractivity contribution is 7.12. The highest BCUT2D eigenvalue weighted by Crippen LogP contribution is 2.41. The lowest BCUT2D eigenvalue weighted by Crippen LogP contribution is -2.57. The van der Waals surface area contributed by atoms with Crippen LogP contribution in [0.4, 0.5) is 4.39 Å². The second-order valence-electron chi connectivity index (χ2n) is 8.34. The maximum atomic E-state index is 15.3. The minimum absolute atomic E-state index is 0.111. The predicted molar refractivity (Wildman–Crippen MR) is 109 cm³/mol. The molecule has 1 fully saturated rings. The molecule has 5 rings (SSSR count). The Kier molecular flexibility index (Phi) is 4.21. The zero-order chi connectivity index (χ0) is 19.6. The molecule has 3 atom stereocenters. The van der Waals surface area contributed by atoms with Crippen LogP contribution in [-0.4, -0.2) is 22.3 Å². The van der Waals surface area contributed by atoms with Crippen molar-refractivity contribution in [3.05, 3.63) is 52.8 Å². The van der Waals surface area contributed by atoms with Crippen LogP contribution >= 0.6 is 11.3 Å². The van der Waals surface area contributed by atoms with Gasteiger partial charge in [-0.2, -0.15) is 0 Å². The Labute approximate surface area is 165 Å². The van der Waals surface area contributed by atoms with E-state index in [1.165, 1.54) is 16.5 Å². The Morgan fingerprint density at radius 2 is 2.11 bits per heavy atom. The second kappa shape index (κ2) is 6.52. The number of aryl methyl sites for hydroxylation is 1. The van der Waals surface area contributed by atoms with Crippen LogP contribution < -0.4 is 27.6 Å². The van der Waals surface area contributed by atoms with Gasteiger partial charge in [-0.1, -0.05) is 0 Å². The van der Waals surface area contributed by atoms with Crippen LogP contribution in [0.1, 0.15) is 53.5 Å². The molecule has 5 nitrogen and oxygen atoms in total. The molecule has 2 heterocycles. The number of nitrogens with two attached hydrogens (primary N) is 1. The summed E-state index contributed by atoms with van der Waals surface area (Å²) in [6, 6.07) is 2.24. The van der Waals surface area contributed by atoms with Gasteiger partial charge < -0.3 is 5.73 Å². The number of hydrogen-bond donors (Lipinski definition) is 2. The standard InChI is InChI=1S/C21H24FN3O2S/c1-10-18(17-7-12-6-11(9-23)2-5-16(12)28-17)15(22)8-14-19(10)25(13-3-4-13)21(27)24-20(14)26/h7-8,11,13,15,18H,2-6,9,23H2,1H3,(H,24,26,27). The van der Waals surface area contributed by atoms with E-state index in [0.717, 1.165) is 42.6 Å². The van der Waals surface area contributed by atoms with Gasteiger partial charge in [0.05, 0.1) is 16.5 Å².